The number of amides is 6. The Labute approximate surface area is 412 Å². The second kappa shape index (κ2) is 20.4. The van der Waals surface area contributed by atoms with Gasteiger partial charge in [-0.3, -0.25) is 44.0 Å². The predicted octanol–water partition coefficient (Wildman–Crippen LogP) is 8.48. The molecule has 5 fully saturated rings. The Balaban J connectivity index is 0.646. The minimum atomic E-state index is -1.01. The summed E-state index contributed by atoms with van der Waals surface area (Å²) >= 11 is 6.62. The van der Waals surface area contributed by atoms with Gasteiger partial charge < -0.3 is 25.2 Å². The lowest BCUT2D eigenvalue weighted by Gasteiger charge is -2.42. The van der Waals surface area contributed by atoms with Crippen molar-refractivity contribution in [2.75, 3.05) is 36.8 Å². The number of hydrogen-bond acceptors (Lipinski definition) is 10. The molecule has 16 heteroatoms. The molecule has 3 saturated heterocycles. The molecule has 2 aliphatic carbocycles. The maximum Gasteiger partial charge on any atom is 0.264 e. The molecule has 1 unspecified atom stereocenters. The molecule has 2 atom stereocenters. The maximum atomic E-state index is 14.1. The summed E-state index contributed by atoms with van der Waals surface area (Å²) in [4.78, 5) is 88.5. The second-order valence-corrected chi connectivity index (χ2v) is 20.8. The standard InChI is InChI=1S/C54H61ClFN7O7/c1-31(32-5-7-33(8-6-32)40-19-24-57-44-16-9-35(56)29-42(40)44)50(65)59-37-12-15-43(55)47(30-37)70-39-22-27-62(28-23-39)52(67)34-20-25-61(26-21-34)38-13-10-36(11-14-38)58-45-4-2-3-41-49(45)54(69)63(53(41)68)46-17-18-48(64)60-51(46)66/h2-4,9,12,15-16,19,24,29-34,36,38-39,46,58H,5-8,10-11,13-14,17-18,20-23,25-28H2,1H3,(H,59,65)(H,60,64,66)/t31-,32?,33?,36?,38?,46?/m1/s1. The van der Waals surface area contributed by atoms with Crippen LogP contribution in [-0.2, 0) is 19.2 Å². The third kappa shape index (κ3) is 9.88. The molecule has 6 aliphatic rings. The summed E-state index contributed by atoms with van der Waals surface area (Å²) in [6.45, 7) is 4.96. The van der Waals surface area contributed by atoms with Crippen molar-refractivity contribution in [2.24, 2.45) is 17.8 Å². The van der Waals surface area contributed by atoms with Gasteiger partial charge in [-0.1, -0.05) is 24.6 Å². The molecule has 0 bridgehead atoms. The zero-order valence-electron chi connectivity index (χ0n) is 39.6. The van der Waals surface area contributed by atoms with E-state index in [9.17, 15) is 33.2 Å². The van der Waals surface area contributed by atoms with Crippen molar-refractivity contribution < 1.29 is 37.9 Å². The van der Waals surface area contributed by atoms with Crippen molar-refractivity contribution >= 4 is 69.3 Å². The SMILES string of the molecule is C[C@@H](C(=O)Nc1ccc(Cl)c(OC2CCN(C(=O)C3CCN(C4CCC(Nc5cccc6c5C(=O)N(C5CCC(=O)NC5=O)C6=O)CC4)CC3)CC2)c1)C1CCC(c2ccnc3ccc(F)cc23)CC1. The van der Waals surface area contributed by atoms with Crippen molar-refractivity contribution in [1.82, 2.24) is 25.0 Å². The molecule has 6 amide bonds. The number of nitrogens with one attached hydrogen (secondary N) is 3. The minimum absolute atomic E-state index is 0.00764. The van der Waals surface area contributed by atoms with Crippen LogP contribution in [0.4, 0.5) is 15.8 Å². The molecule has 3 N–H and O–H groups in total. The lowest BCUT2D eigenvalue weighted by atomic mass is 9.73. The third-order valence-corrected chi connectivity index (χ3v) is 16.5. The van der Waals surface area contributed by atoms with Crippen LogP contribution >= 0.6 is 11.6 Å². The Hall–Kier alpha value is -5.93. The number of carbonyl (C=O) groups is 6. The van der Waals surface area contributed by atoms with E-state index in [4.69, 9.17) is 16.3 Å². The summed E-state index contributed by atoms with van der Waals surface area (Å²) in [7, 11) is 0. The average Bonchev–Trinajstić information content (AvgIpc) is 3.63. The molecule has 3 aromatic carbocycles. The van der Waals surface area contributed by atoms with Gasteiger partial charge >= 0.3 is 0 Å². The number of aromatic nitrogens is 1. The molecule has 368 valence electrons. The summed E-state index contributed by atoms with van der Waals surface area (Å²) in [5, 5.41) is 10.2. The van der Waals surface area contributed by atoms with Gasteiger partial charge in [0.1, 0.15) is 23.7 Å². The molecule has 0 spiro atoms. The highest BCUT2D eigenvalue weighted by atomic mass is 35.5. The van der Waals surface area contributed by atoms with Gasteiger partial charge in [-0.25, -0.2) is 4.39 Å². The van der Waals surface area contributed by atoms with Crippen molar-refractivity contribution in [3.05, 3.63) is 94.4 Å². The topological polar surface area (TPSA) is 170 Å². The quantitative estimate of drug-likeness (QED) is 0.124. The summed E-state index contributed by atoms with van der Waals surface area (Å²) < 4.78 is 20.5. The van der Waals surface area contributed by atoms with Crippen LogP contribution in [0.1, 0.15) is 129 Å². The Morgan fingerprint density at radius 3 is 2.33 bits per heavy atom. The van der Waals surface area contributed by atoms with Crippen molar-refractivity contribution in [3.8, 4) is 5.75 Å². The van der Waals surface area contributed by atoms with Gasteiger partial charge in [-0.2, -0.15) is 0 Å². The van der Waals surface area contributed by atoms with Crippen LogP contribution in [0, 0.1) is 23.6 Å². The van der Waals surface area contributed by atoms with Crippen LogP contribution in [0.15, 0.2) is 66.9 Å². The number of fused-ring (bicyclic) bond motifs is 2. The number of imide groups is 2. The van der Waals surface area contributed by atoms with Crippen molar-refractivity contribution in [1.29, 1.82) is 0 Å². The number of anilines is 2. The monoisotopic (exact) mass is 973 g/mol. The number of rotatable bonds is 11. The van der Waals surface area contributed by atoms with E-state index in [2.05, 4.69) is 25.8 Å². The van der Waals surface area contributed by atoms with E-state index in [1.165, 1.54) is 6.07 Å². The number of carbonyl (C=O) groups excluding carboxylic acids is 6. The number of ether oxygens (including phenoxy) is 1. The van der Waals surface area contributed by atoms with E-state index < -0.39 is 29.7 Å². The fourth-order valence-electron chi connectivity index (χ4n) is 12.2. The average molecular weight is 975 g/mol. The Morgan fingerprint density at radius 2 is 1.59 bits per heavy atom. The molecule has 1 aromatic heterocycles. The molecule has 70 heavy (non-hydrogen) atoms. The molecule has 5 heterocycles. The van der Waals surface area contributed by atoms with Crippen LogP contribution in [0.3, 0.4) is 0 Å². The minimum Gasteiger partial charge on any atom is -0.489 e. The normalized spacial score (nSPS) is 25.4. The summed E-state index contributed by atoms with van der Waals surface area (Å²) in [5.74, 6) is -1.28. The zero-order valence-corrected chi connectivity index (χ0v) is 40.4. The van der Waals surface area contributed by atoms with E-state index in [1.54, 1.807) is 48.7 Å². The van der Waals surface area contributed by atoms with Gasteiger partial charge in [0.05, 0.1) is 21.7 Å². The van der Waals surface area contributed by atoms with Crippen molar-refractivity contribution in [3.63, 3.8) is 0 Å². The molecule has 4 aliphatic heterocycles. The first-order chi connectivity index (χ1) is 33.9. The number of nitrogens with zero attached hydrogens (tertiary/aromatic N) is 4. The van der Waals surface area contributed by atoms with E-state index in [0.717, 1.165) is 98.7 Å². The van der Waals surface area contributed by atoms with E-state index in [0.29, 0.717) is 60.0 Å². The lowest BCUT2D eigenvalue weighted by Crippen LogP contribution is -2.54. The summed E-state index contributed by atoms with van der Waals surface area (Å²) in [6, 6.07) is 16.8. The summed E-state index contributed by atoms with van der Waals surface area (Å²) in [5.41, 5.74) is 3.71. The van der Waals surface area contributed by atoms with Gasteiger partial charge in [-0.05, 0) is 150 Å². The van der Waals surface area contributed by atoms with Gasteiger partial charge in [-0.15, -0.1) is 0 Å². The van der Waals surface area contributed by atoms with Crippen LogP contribution in [0.25, 0.3) is 10.9 Å². The highest BCUT2D eigenvalue weighted by Gasteiger charge is 2.46. The van der Waals surface area contributed by atoms with Crippen LogP contribution in [0.5, 0.6) is 5.75 Å². The molecule has 14 nitrogen and oxygen atoms in total. The van der Waals surface area contributed by atoms with Gasteiger partial charge in [0.25, 0.3) is 11.8 Å². The first-order valence-corrected chi connectivity index (χ1v) is 25.7. The second-order valence-electron chi connectivity index (χ2n) is 20.4. The van der Waals surface area contributed by atoms with Crippen LogP contribution < -0.4 is 20.7 Å². The van der Waals surface area contributed by atoms with E-state index >= 15 is 0 Å². The number of piperidine rings is 3. The molecule has 4 aromatic rings. The number of benzene rings is 3. The number of likely N-dealkylation sites (tertiary alicyclic amines) is 2. The van der Waals surface area contributed by atoms with Crippen LogP contribution in [0.2, 0.25) is 5.02 Å². The lowest BCUT2D eigenvalue weighted by molar-refractivity contribution is -0.139. The predicted molar refractivity (Wildman–Crippen MR) is 263 cm³/mol. The smallest absolute Gasteiger partial charge is 0.264 e. The third-order valence-electron chi connectivity index (χ3n) is 16.2. The summed E-state index contributed by atoms with van der Waals surface area (Å²) in [6.07, 6.45) is 12.3. The maximum absolute atomic E-state index is 14.1. The first kappa shape index (κ1) is 47.7. The highest BCUT2D eigenvalue weighted by Crippen LogP contribution is 2.42. The largest absolute Gasteiger partial charge is 0.489 e. The number of pyridine rings is 1. The van der Waals surface area contributed by atoms with Gasteiger partial charge in [0, 0.05) is 85.3 Å². The first-order valence-electron chi connectivity index (χ1n) is 25.3. The fourth-order valence-corrected chi connectivity index (χ4v) is 12.3. The Morgan fingerprint density at radius 1 is 0.829 bits per heavy atom. The Kier molecular flexibility index (Phi) is 13.9. The van der Waals surface area contributed by atoms with E-state index in [-0.39, 0.29) is 71.5 Å². The molecular formula is C54H61ClFN7O7. The number of hydrogen-bond donors (Lipinski definition) is 3. The fraction of sp³-hybridized carbons (Fsp3) is 0.500. The number of halogens is 2. The van der Waals surface area contributed by atoms with Gasteiger partial charge in [0.2, 0.25) is 23.6 Å². The van der Waals surface area contributed by atoms with Gasteiger partial charge in [0.15, 0.2) is 0 Å². The van der Waals surface area contributed by atoms with E-state index in [1.807, 2.05) is 24.0 Å². The molecular weight excluding hydrogens is 913 g/mol. The zero-order chi connectivity index (χ0) is 48.6. The Bertz CT molecular complexity index is 2690. The van der Waals surface area contributed by atoms with Crippen molar-refractivity contribution in [2.45, 2.75) is 127 Å². The molecule has 0 radical (unpaired) electrons. The van der Waals surface area contributed by atoms with Crippen LogP contribution in [-0.4, -0.2) is 106 Å². The molecule has 10 rings (SSSR count). The molecule has 2 saturated carbocycles. The highest BCUT2D eigenvalue weighted by molar-refractivity contribution is 6.32.